The van der Waals surface area contributed by atoms with Crippen molar-refractivity contribution >= 4 is 17.1 Å². The molecule has 0 unspecified atom stereocenters. The number of hydrogen-bond acceptors (Lipinski definition) is 3. The third-order valence-corrected chi connectivity index (χ3v) is 4.74. The highest BCUT2D eigenvalue weighted by molar-refractivity contribution is 5.78. The molecule has 0 aliphatic carbocycles. The first-order valence-corrected chi connectivity index (χ1v) is 9.57. The second-order valence-electron chi connectivity index (χ2n) is 6.81. The molecule has 0 spiro atoms. The standard InChI is InChI=1S/C23H21FN4O/c1-2-21-27-20-7-4-12-25-23(20)28(21)19-10-8-16(9-11-19)14-22(29)26-15-17-5-3-6-18(24)13-17/h3-13H,2,14-15H2,1H3,(H,26,29). The van der Waals surface area contributed by atoms with Gasteiger partial charge in [0, 0.05) is 24.8 Å². The summed E-state index contributed by atoms with van der Waals surface area (Å²) in [6, 6.07) is 17.9. The number of nitrogens with one attached hydrogen (secondary N) is 1. The third kappa shape index (κ3) is 4.16. The fourth-order valence-electron chi connectivity index (χ4n) is 3.33. The number of carbonyl (C=O) groups is 1. The molecule has 6 heteroatoms. The molecule has 2 aromatic heterocycles. The third-order valence-electron chi connectivity index (χ3n) is 4.74. The molecule has 0 atom stereocenters. The Bertz CT molecular complexity index is 1150. The molecule has 0 bridgehead atoms. The molecule has 4 rings (SSSR count). The van der Waals surface area contributed by atoms with E-state index in [0.29, 0.717) is 6.54 Å². The summed E-state index contributed by atoms with van der Waals surface area (Å²) >= 11 is 0. The predicted molar refractivity (Wildman–Crippen MR) is 110 cm³/mol. The summed E-state index contributed by atoms with van der Waals surface area (Å²) in [6.45, 7) is 2.37. The van der Waals surface area contributed by atoms with E-state index in [4.69, 9.17) is 0 Å². The van der Waals surface area contributed by atoms with Crippen LogP contribution in [0.4, 0.5) is 4.39 Å². The molecule has 0 fully saturated rings. The lowest BCUT2D eigenvalue weighted by Gasteiger charge is -2.09. The van der Waals surface area contributed by atoms with Gasteiger partial charge in [0.15, 0.2) is 5.65 Å². The van der Waals surface area contributed by atoms with Crippen LogP contribution in [-0.4, -0.2) is 20.4 Å². The predicted octanol–water partition coefficient (Wildman–Crippen LogP) is 3.98. The quantitative estimate of drug-likeness (QED) is 0.544. The molecule has 1 N–H and O–H groups in total. The van der Waals surface area contributed by atoms with Crippen LogP contribution >= 0.6 is 0 Å². The molecule has 5 nitrogen and oxygen atoms in total. The highest BCUT2D eigenvalue weighted by atomic mass is 19.1. The van der Waals surface area contributed by atoms with Gasteiger partial charge in [0.1, 0.15) is 17.2 Å². The van der Waals surface area contributed by atoms with Crippen LogP contribution in [-0.2, 0) is 24.2 Å². The van der Waals surface area contributed by atoms with Crippen LogP contribution < -0.4 is 5.32 Å². The summed E-state index contributed by atoms with van der Waals surface area (Å²) in [6.07, 6.45) is 2.82. The fourth-order valence-corrected chi connectivity index (χ4v) is 3.33. The highest BCUT2D eigenvalue weighted by Crippen LogP contribution is 2.20. The molecule has 0 aliphatic heterocycles. The van der Waals surface area contributed by atoms with Gasteiger partial charge in [0.2, 0.25) is 5.91 Å². The monoisotopic (exact) mass is 388 g/mol. The number of amides is 1. The van der Waals surface area contributed by atoms with Gasteiger partial charge in [0.25, 0.3) is 0 Å². The number of carbonyl (C=O) groups excluding carboxylic acids is 1. The van der Waals surface area contributed by atoms with Crippen molar-refractivity contribution < 1.29 is 9.18 Å². The Morgan fingerprint density at radius 3 is 2.66 bits per heavy atom. The summed E-state index contributed by atoms with van der Waals surface area (Å²) in [5.74, 6) is 0.533. The molecule has 146 valence electrons. The summed E-state index contributed by atoms with van der Waals surface area (Å²) in [4.78, 5) is 21.3. The normalized spacial score (nSPS) is 11.0. The number of nitrogens with zero attached hydrogens (tertiary/aromatic N) is 3. The summed E-state index contributed by atoms with van der Waals surface area (Å²) in [7, 11) is 0. The number of benzene rings is 2. The Morgan fingerprint density at radius 1 is 1.07 bits per heavy atom. The molecule has 0 radical (unpaired) electrons. The maximum Gasteiger partial charge on any atom is 0.224 e. The van der Waals surface area contributed by atoms with E-state index in [1.807, 2.05) is 41.0 Å². The molecule has 1 amide bonds. The summed E-state index contributed by atoms with van der Waals surface area (Å²) in [5.41, 5.74) is 4.29. The Balaban J connectivity index is 1.46. The van der Waals surface area contributed by atoms with E-state index >= 15 is 0 Å². The number of fused-ring (bicyclic) bond motifs is 1. The van der Waals surface area contributed by atoms with Gasteiger partial charge >= 0.3 is 0 Å². The van der Waals surface area contributed by atoms with Crippen molar-refractivity contribution in [1.82, 2.24) is 19.9 Å². The van der Waals surface area contributed by atoms with E-state index in [2.05, 4.69) is 22.2 Å². The van der Waals surface area contributed by atoms with Gasteiger partial charge in [-0.05, 0) is 47.5 Å². The van der Waals surface area contributed by atoms with Crippen LogP contribution in [0.25, 0.3) is 16.9 Å². The molecule has 2 aromatic carbocycles. The first-order valence-electron chi connectivity index (χ1n) is 9.57. The Hall–Kier alpha value is -3.54. The van der Waals surface area contributed by atoms with Crippen LogP contribution in [0.15, 0.2) is 66.9 Å². The molecule has 29 heavy (non-hydrogen) atoms. The largest absolute Gasteiger partial charge is 0.352 e. The van der Waals surface area contributed by atoms with Gasteiger partial charge in [-0.1, -0.05) is 31.2 Å². The minimum Gasteiger partial charge on any atom is -0.352 e. The van der Waals surface area contributed by atoms with Gasteiger partial charge in [-0.3, -0.25) is 9.36 Å². The molecule has 4 aromatic rings. The number of aromatic nitrogens is 3. The minimum atomic E-state index is -0.305. The molecular formula is C23H21FN4O. The summed E-state index contributed by atoms with van der Waals surface area (Å²) < 4.78 is 15.3. The maximum atomic E-state index is 13.2. The topological polar surface area (TPSA) is 59.8 Å². The average molecular weight is 388 g/mol. The number of aryl methyl sites for hydroxylation is 1. The van der Waals surface area contributed by atoms with Gasteiger partial charge < -0.3 is 5.32 Å². The highest BCUT2D eigenvalue weighted by Gasteiger charge is 2.12. The van der Waals surface area contributed by atoms with Gasteiger partial charge in [-0.15, -0.1) is 0 Å². The van der Waals surface area contributed by atoms with E-state index in [0.717, 1.165) is 40.2 Å². The molecule has 0 aliphatic rings. The minimum absolute atomic E-state index is 0.106. The van der Waals surface area contributed by atoms with E-state index in [-0.39, 0.29) is 18.1 Å². The van der Waals surface area contributed by atoms with Crippen molar-refractivity contribution in [3.63, 3.8) is 0 Å². The van der Waals surface area contributed by atoms with E-state index in [1.54, 1.807) is 18.3 Å². The van der Waals surface area contributed by atoms with E-state index < -0.39 is 0 Å². The zero-order valence-corrected chi connectivity index (χ0v) is 16.1. The van der Waals surface area contributed by atoms with Crippen LogP contribution in [0.5, 0.6) is 0 Å². The van der Waals surface area contributed by atoms with Crippen LogP contribution in [0.1, 0.15) is 23.9 Å². The second kappa shape index (κ2) is 8.22. The number of halogens is 1. The SMILES string of the molecule is CCc1nc2cccnc2n1-c1ccc(CC(=O)NCc2cccc(F)c2)cc1. The fraction of sp³-hybridized carbons (Fsp3) is 0.174. The summed E-state index contributed by atoms with van der Waals surface area (Å²) in [5, 5.41) is 2.83. The van der Waals surface area contributed by atoms with Crippen molar-refractivity contribution in [1.29, 1.82) is 0 Å². The first kappa shape index (κ1) is 18.8. The van der Waals surface area contributed by atoms with Crippen LogP contribution in [0.3, 0.4) is 0 Å². The lowest BCUT2D eigenvalue weighted by molar-refractivity contribution is -0.120. The van der Waals surface area contributed by atoms with Crippen LogP contribution in [0, 0.1) is 5.82 Å². The zero-order chi connectivity index (χ0) is 20.2. The number of rotatable bonds is 6. The molecule has 0 saturated heterocycles. The Kier molecular flexibility index (Phi) is 5.33. The zero-order valence-electron chi connectivity index (χ0n) is 16.1. The van der Waals surface area contributed by atoms with Gasteiger partial charge in [-0.2, -0.15) is 0 Å². The smallest absolute Gasteiger partial charge is 0.224 e. The number of pyridine rings is 1. The second-order valence-corrected chi connectivity index (χ2v) is 6.81. The molecular weight excluding hydrogens is 367 g/mol. The van der Waals surface area contributed by atoms with Crippen molar-refractivity contribution in [2.45, 2.75) is 26.3 Å². The lowest BCUT2D eigenvalue weighted by atomic mass is 10.1. The van der Waals surface area contributed by atoms with Gasteiger partial charge in [0.05, 0.1) is 6.42 Å². The Labute approximate surface area is 168 Å². The van der Waals surface area contributed by atoms with Crippen molar-refractivity contribution in [2.75, 3.05) is 0 Å². The average Bonchev–Trinajstić information content (AvgIpc) is 3.12. The number of hydrogen-bond donors (Lipinski definition) is 1. The molecule has 2 heterocycles. The van der Waals surface area contributed by atoms with E-state index in [9.17, 15) is 9.18 Å². The van der Waals surface area contributed by atoms with Crippen molar-refractivity contribution in [3.8, 4) is 5.69 Å². The maximum absolute atomic E-state index is 13.2. The molecule has 0 saturated carbocycles. The van der Waals surface area contributed by atoms with Crippen molar-refractivity contribution in [3.05, 3.63) is 89.6 Å². The lowest BCUT2D eigenvalue weighted by Crippen LogP contribution is -2.24. The first-order chi connectivity index (χ1) is 14.1. The van der Waals surface area contributed by atoms with Gasteiger partial charge in [-0.25, -0.2) is 14.4 Å². The number of imidazole rings is 1. The Morgan fingerprint density at radius 2 is 1.90 bits per heavy atom. The van der Waals surface area contributed by atoms with Crippen molar-refractivity contribution in [2.24, 2.45) is 0 Å². The van der Waals surface area contributed by atoms with E-state index in [1.165, 1.54) is 12.1 Å². The van der Waals surface area contributed by atoms with Crippen LogP contribution in [0.2, 0.25) is 0 Å².